The first-order valence-electron chi connectivity index (χ1n) is 6.73. The van der Waals surface area contributed by atoms with Gasteiger partial charge >= 0.3 is 0 Å². The fraction of sp³-hybridized carbons (Fsp3) is 0.667. The maximum absolute atomic E-state index is 10.8. The number of aryl methyl sites for hydroxylation is 2. The summed E-state index contributed by atoms with van der Waals surface area (Å²) in [6, 6.07) is 4.56. The number of fused-ring (bicyclic) bond motifs is 2. The Kier molecular flexibility index (Phi) is 2.76. The van der Waals surface area contributed by atoms with Crippen molar-refractivity contribution in [3.63, 3.8) is 0 Å². The number of rotatable bonds is 2. The lowest BCUT2D eigenvalue weighted by atomic mass is 9.68. The molecule has 0 aliphatic heterocycles. The van der Waals surface area contributed by atoms with Gasteiger partial charge in [0.15, 0.2) is 0 Å². The summed E-state index contributed by atoms with van der Waals surface area (Å²) in [6.07, 6.45) is 3.82. The van der Waals surface area contributed by atoms with Crippen molar-refractivity contribution in [1.82, 2.24) is 0 Å². The quantitative estimate of drug-likeness (QED) is 0.881. The van der Waals surface area contributed by atoms with Gasteiger partial charge in [-0.2, -0.15) is 5.26 Å². The largest absolute Gasteiger partial charge is 0.387 e. The van der Waals surface area contributed by atoms with Gasteiger partial charge < -0.3 is 5.11 Å². The van der Waals surface area contributed by atoms with Crippen LogP contribution in [0.4, 0.5) is 0 Å². The third-order valence-corrected chi connectivity index (χ3v) is 5.95. The van der Waals surface area contributed by atoms with E-state index in [9.17, 15) is 10.4 Å². The maximum Gasteiger partial charge on any atom is 0.0989 e. The van der Waals surface area contributed by atoms with Crippen LogP contribution in [0.5, 0.6) is 0 Å². The van der Waals surface area contributed by atoms with Crippen molar-refractivity contribution < 1.29 is 5.11 Å². The van der Waals surface area contributed by atoms with Gasteiger partial charge in [0, 0.05) is 9.75 Å². The average molecular weight is 261 g/mol. The molecule has 2 fully saturated rings. The summed E-state index contributed by atoms with van der Waals surface area (Å²) in [7, 11) is 0. The van der Waals surface area contributed by atoms with Crippen LogP contribution in [0.25, 0.3) is 0 Å². The van der Waals surface area contributed by atoms with Crippen LogP contribution in [-0.2, 0) is 0 Å². The molecule has 3 rings (SSSR count). The van der Waals surface area contributed by atoms with Gasteiger partial charge in [-0.05, 0) is 56.6 Å². The fourth-order valence-corrected chi connectivity index (χ4v) is 5.06. The van der Waals surface area contributed by atoms with Gasteiger partial charge in [0.1, 0.15) is 0 Å². The molecule has 1 aromatic rings. The molecule has 2 saturated carbocycles. The molecule has 18 heavy (non-hydrogen) atoms. The molecule has 4 atom stereocenters. The smallest absolute Gasteiger partial charge is 0.0989 e. The zero-order valence-corrected chi connectivity index (χ0v) is 11.8. The van der Waals surface area contributed by atoms with E-state index in [1.807, 2.05) is 0 Å². The standard InChI is InChI=1S/C15H19NOS/c1-9-5-13(10(2)18-9)14(17)15(8-16)7-11-3-4-12(15)6-11/h5,11-12,14,17H,3-4,6-7H2,1-2H3. The molecule has 0 saturated heterocycles. The van der Waals surface area contributed by atoms with Crippen molar-refractivity contribution in [1.29, 1.82) is 5.26 Å². The molecule has 96 valence electrons. The van der Waals surface area contributed by atoms with Crippen LogP contribution in [0.1, 0.15) is 47.1 Å². The van der Waals surface area contributed by atoms with Crippen LogP contribution < -0.4 is 0 Å². The van der Waals surface area contributed by atoms with E-state index < -0.39 is 11.5 Å². The Bertz CT molecular complexity index is 515. The lowest BCUT2D eigenvalue weighted by Crippen LogP contribution is -2.33. The van der Waals surface area contributed by atoms with Crippen molar-refractivity contribution in [3.05, 3.63) is 21.4 Å². The lowest BCUT2D eigenvalue weighted by molar-refractivity contribution is 0.0232. The predicted octanol–water partition coefficient (Wildman–Crippen LogP) is 3.73. The van der Waals surface area contributed by atoms with E-state index in [0.29, 0.717) is 11.8 Å². The highest BCUT2D eigenvalue weighted by Gasteiger charge is 2.56. The molecule has 0 amide bonds. The van der Waals surface area contributed by atoms with E-state index in [-0.39, 0.29) is 0 Å². The molecule has 2 aliphatic carbocycles. The molecule has 0 aromatic carbocycles. The van der Waals surface area contributed by atoms with Crippen LogP contribution in [0.15, 0.2) is 6.07 Å². The Morgan fingerprint density at radius 3 is 2.72 bits per heavy atom. The zero-order chi connectivity index (χ0) is 12.9. The molecule has 1 aromatic heterocycles. The molecule has 1 N–H and O–H groups in total. The van der Waals surface area contributed by atoms with E-state index in [1.165, 1.54) is 11.3 Å². The van der Waals surface area contributed by atoms with Crippen LogP contribution in [0.3, 0.4) is 0 Å². The second kappa shape index (κ2) is 4.08. The first-order valence-corrected chi connectivity index (χ1v) is 7.54. The average Bonchev–Trinajstić information content (AvgIpc) is 3.02. The van der Waals surface area contributed by atoms with Crippen molar-refractivity contribution in [3.8, 4) is 6.07 Å². The molecule has 2 nitrogen and oxygen atoms in total. The van der Waals surface area contributed by atoms with Gasteiger partial charge in [-0.25, -0.2) is 0 Å². The summed E-state index contributed by atoms with van der Waals surface area (Å²) in [4.78, 5) is 2.38. The Morgan fingerprint density at radius 1 is 1.50 bits per heavy atom. The highest BCUT2D eigenvalue weighted by atomic mass is 32.1. The zero-order valence-electron chi connectivity index (χ0n) is 10.9. The van der Waals surface area contributed by atoms with Crippen LogP contribution >= 0.6 is 11.3 Å². The second-order valence-corrected chi connectivity index (χ2v) is 7.46. The van der Waals surface area contributed by atoms with Crippen LogP contribution in [0.2, 0.25) is 0 Å². The molecule has 4 unspecified atom stereocenters. The summed E-state index contributed by atoms with van der Waals surface area (Å²) in [5.41, 5.74) is 0.480. The lowest BCUT2D eigenvalue weighted by Gasteiger charge is -2.35. The third-order valence-electron chi connectivity index (χ3n) is 4.97. The Labute approximate surface area is 112 Å². The molecular weight excluding hydrogens is 242 g/mol. The number of hydrogen-bond donors (Lipinski definition) is 1. The van der Waals surface area contributed by atoms with Gasteiger partial charge in [0.05, 0.1) is 17.6 Å². The summed E-state index contributed by atoms with van der Waals surface area (Å²) in [5.74, 6) is 1.08. The van der Waals surface area contributed by atoms with E-state index in [1.54, 1.807) is 11.3 Å². The first-order chi connectivity index (χ1) is 8.56. The minimum absolute atomic E-state index is 0.405. The van der Waals surface area contributed by atoms with E-state index >= 15 is 0 Å². The molecule has 2 bridgehead atoms. The molecular formula is C15H19NOS. The number of thiophene rings is 1. The van der Waals surface area contributed by atoms with E-state index in [2.05, 4.69) is 26.0 Å². The minimum atomic E-state index is -0.595. The highest BCUT2D eigenvalue weighted by Crippen LogP contribution is 2.61. The number of hydrogen-bond acceptors (Lipinski definition) is 3. The molecule has 0 spiro atoms. The Hall–Kier alpha value is -0.850. The van der Waals surface area contributed by atoms with Crippen molar-refractivity contribution >= 4 is 11.3 Å². The normalized spacial score (nSPS) is 35.7. The van der Waals surface area contributed by atoms with Crippen molar-refractivity contribution in [2.75, 3.05) is 0 Å². The minimum Gasteiger partial charge on any atom is -0.387 e. The molecule has 1 heterocycles. The maximum atomic E-state index is 10.8. The fourth-order valence-electron chi connectivity index (χ4n) is 4.10. The van der Waals surface area contributed by atoms with Gasteiger partial charge in [-0.15, -0.1) is 11.3 Å². The molecule has 0 radical (unpaired) electrons. The number of nitrogens with zero attached hydrogens (tertiary/aromatic N) is 1. The highest BCUT2D eigenvalue weighted by molar-refractivity contribution is 7.12. The topological polar surface area (TPSA) is 44.0 Å². The molecule has 2 aliphatic rings. The van der Waals surface area contributed by atoms with Gasteiger partial charge in [0.2, 0.25) is 0 Å². The van der Waals surface area contributed by atoms with Gasteiger partial charge in [0.25, 0.3) is 0 Å². The predicted molar refractivity (Wildman–Crippen MR) is 72.2 cm³/mol. The Morgan fingerprint density at radius 2 is 2.28 bits per heavy atom. The molecule has 3 heteroatoms. The van der Waals surface area contributed by atoms with E-state index in [0.717, 1.165) is 29.7 Å². The summed E-state index contributed by atoms with van der Waals surface area (Å²) < 4.78 is 0. The summed E-state index contributed by atoms with van der Waals surface area (Å²) in [6.45, 7) is 4.11. The number of aliphatic hydroxyl groups excluding tert-OH is 1. The van der Waals surface area contributed by atoms with Crippen LogP contribution in [-0.4, -0.2) is 5.11 Å². The van der Waals surface area contributed by atoms with Crippen molar-refractivity contribution in [2.45, 2.75) is 45.6 Å². The third kappa shape index (κ3) is 1.56. The van der Waals surface area contributed by atoms with Crippen LogP contribution in [0, 0.1) is 42.4 Å². The van der Waals surface area contributed by atoms with Crippen molar-refractivity contribution in [2.24, 2.45) is 17.3 Å². The SMILES string of the molecule is Cc1cc(C(O)C2(C#N)CC3CCC2C3)c(C)s1. The first kappa shape index (κ1) is 12.2. The monoisotopic (exact) mass is 261 g/mol. The van der Waals surface area contributed by atoms with E-state index in [4.69, 9.17) is 0 Å². The van der Waals surface area contributed by atoms with Gasteiger partial charge in [-0.3, -0.25) is 0 Å². The summed E-state index contributed by atoms with van der Waals surface area (Å²) >= 11 is 1.72. The second-order valence-electron chi connectivity index (χ2n) is 6.00. The summed E-state index contributed by atoms with van der Waals surface area (Å²) in [5, 5.41) is 20.4. The Balaban J connectivity index is 1.98. The number of nitriles is 1. The van der Waals surface area contributed by atoms with Gasteiger partial charge in [-0.1, -0.05) is 6.42 Å². The number of aliphatic hydroxyl groups is 1.